The number of nitrogens with two attached hydrogens (primary N) is 1. The first kappa shape index (κ1) is 16.3. The average Bonchev–Trinajstić information content (AvgIpc) is 2.09. The van der Waals surface area contributed by atoms with Crippen molar-refractivity contribution in [1.82, 2.24) is 4.90 Å². The van der Waals surface area contributed by atoms with Crippen LogP contribution in [0.4, 0.5) is 13.2 Å². The molecule has 1 unspecified atom stereocenters. The van der Waals surface area contributed by atoms with Gasteiger partial charge in [0.1, 0.15) is 0 Å². The molecule has 0 aliphatic carbocycles. The second-order valence-corrected chi connectivity index (χ2v) is 5.30. The van der Waals surface area contributed by atoms with Crippen molar-refractivity contribution in [2.24, 2.45) is 10.7 Å². The molecule has 0 fully saturated rings. The van der Waals surface area contributed by atoms with Crippen molar-refractivity contribution in [3.8, 4) is 0 Å². The zero-order chi connectivity index (χ0) is 13.9. The van der Waals surface area contributed by atoms with Crippen LogP contribution in [0.15, 0.2) is 4.99 Å². The number of rotatable bonds is 0. The second-order valence-electron chi connectivity index (χ2n) is 3.15. The predicted octanol–water partition coefficient (Wildman–Crippen LogP) is -0.0611. The van der Waals surface area contributed by atoms with Gasteiger partial charge in [0.2, 0.25) is 0 Å². The highest BCUT2D eigenvalue weighted by atomic mass is 32.2. The molecule has 6 nitrogen and oxygen atoms in total. The summed E-state index contributed by atoms with van der Waals surface area (Å²) in [6, 6.07) is 0. The lowest BCUT2D eigenvalue weighted by Crippen LogP contribution is -2.42. The summed E-state index contributed by atoms with van der Waals surface area (Å²) in [5.74, 6) is 0.625. The molecule has 0 spiro atoms. The zero-order valence-electron chi connectivity index (χ0n) is 8.72. The quantitative estimate of drug-likeness (QED) is 0.330. The van der Waals surface area contributed by atoms with Crippen LogP contribution in [0.1, 0.15) is 0 Å². The van der Waals surface area contributed by atoms with Crippen LogP contribution in [0.3, 0.4) is 0 Å². The number of alkyl halides is 3. The Hall–Kier alpha value is -0.680. The van der Waals surface area contributed by atoms with Crippen LogP contribution >= 0.6 is 12.6 Å². The third-order valence-electron chi connectivity index (χ3n) is 1.63. The molecule has 0 bridgehead atoms. The molecule has 3 N–H and O–H groups in total. The highest BCUT2D eigenvalue weighted by molar-refractivity contribution is 7.86. The van der Waals surface area contributed by atoms with Crippen molar-refractivity contribution in [2.75, 3.05) is 20.1 Å². The summed E-state index contributed by atoms with van der Waals surface area (Å²) in [5, 5.41) is 0.349. The van der Waals surface area contributed by atoms with E-state index >= 15 is 0 Å². The molecule has 0 aromatic carbocycles. The van der Waals surface area contributed by atoms with Crippen LogP contribution < -0.4 is 5.73 Å². The summed E-state index contributed by atoms with van der Waals surface area (Å²) < 4.78 is 57.5. The minimum atomic E-state index is -5.84. The first-order valence-corrected chi connectivity index (χ1v) is 6.13. The molecule has 1 aliphatic rings. The number of hydrogen-bond acceptors (Lipinski definition) is 6. The largest absolute Gasteiger partial charge is 0.522 e. The maximum Gasteiger partial charge on any atom is 0.522 e. The molecular formula is C6H12F3N3O3S2. The fraction of sp³-hybridized carbons (Fsp3) is 0.833. The Kier molecular flexibility index (Phi) is 5.55. The molecule has 0 aromatic rings. The molecule has 102 valence electrons. The van der Waals surface area contributed by atoms with E-state index in [0.717, 1.165) is 13.1 Å². The van der Waals surface area contributed by atoms with Gasteiger partial charge in [-0.3, -0.25) is 9.55 Å². The van der Waals surface area contributed by atoms with Crippen LogP contribution in [0.2, 0.25) is 0 Å². The summed E-state index contributed by atoms with van der Waals surface area (Å²) in [4.78, 5) is 5.94. The Morgan fingerprint density at radius 2 is 2.00 bits per heavy atom. The molecule has 11 heteroatoms. The van der Waals surface area contributed by atoms with E-state index in [-0.39, 0.29) is 0 Å². The molecule has 1 aliphatic heterocycles. The number of thiol groups is 1. The van der Waals surface area contributed by atoms with E-state index in [0.29, 0.717) is 11.2 Å². The molecule has 1 atom stereocenters. The van der Waals surface area contributed by atoms with Crippen LogP contribution in [-0.4, -0.2) is 54.7 Å². The normalized spacial score (nSPS) is 21.4. The number of aliphatic imine (C=N–C) groups is 1. The number of hydrogen-bond donors (Lipinski definition) is 3. The van der Waals surface area contributed by atoms with Gasteiger partial charge in [0.05, 0.1) is 6.54 Å². The van der Waals surface area contributed by atoms with Gasteiger partial charge < -0.3 is 10.6 Å². The lowest BCUT2D eigenvalue weighted by molar-refractivity contribution is -0.0510. The molecule has 0 aromatic heterocycles. The van der Waals surface area contributed by atoms with Crippen LogP contribution in [0.25, 0.3) is 0 Å². The summed E-state index contributed by atoms with van der Waals surface area (Å²) in [7, 11) is -3.92. The SMILES string of the molecule is CN1CC(S)CN=C1N.O=S(=O)(O)C(F)(F)F. The standard InChI is InChI=1S/C5H11N3S.CHF3O3S/c1-8-3-4(9)2-7-5(8)6;2-1(3,4)8(5,6)7/h4,9H,2-3H2,1H3,(H2,6,7);(H,5,6,7). The van der Waals surface area contributed by atoms with E-state index in [2.05, 4.69) is 17.6 Å². The average molecular weight is 295 g/mol. The van der Waals surface area contributed by atoms with Crippen molar-refractivity contribution >= 4 is 28.7 Å². The van der Waals surface area contributed by atoms with Gasteiger partial charge in [-0.15, -0.1) is 0 Å². The van der Waals surface area contributed by atoms with Crippen molar-refractivity contribution < 1.29 is 26.1 Å². The molecule has 17 heavy (non-hydrogen) atoms. The number of nitrogens with zero attached hydrogens (tertiary/aromatic N) is 2. The minimum absolute atomic E-state index is 0.349. The van der Waals surface area contributed by atoms with E-state index in [1.165, 1.54) is 0 Å². The molecule has 0 amide bonds. The lowest BCUT2D eigenvalue weighted by atomic mass is 10.3. The number of guanidine groups is 1. The summed E-state index contributed by atoms with van der Waals surface area (Å²) in [6.45, 7) is 1.65. The monoisotopic (exact) mass is 295 g/mol. The van der Waals surface area contributed by atoms with Gasteiger partial charge >= 0.3 is 15.6 Å². The highest BCUT2D eigenvalue weighted by Gasteiger charge is 2.44. The van der Waals surface area contributed by atoms with Gasteiger partial charge in [0.25, 0.3) is 0 Å². The Bertz CT molecular complexity index is 382. The van der Waals surface area contributed by atoms with Gasteiger partial charge in [0.15, 0.2) is 5.96 Å². The maximum atomic E-state index is 10.7. The van der Waals surface area contributed by atoms with Gasteiger partial charge in [0, 0.05) is 18.8 Å². The fourth-order valence-corrected chi connectivity index (χ4v) is 1.11. The first-order valence-electron chi connectivity index (χ1n) is 4.18. The molecule has 1 rings (SSSR count). The van der Waals surface area contributed by atoms with Gasteiger partial charge in [-0.1, -0.05) is 0 Å². The molecule has 0 saturated heterocycles. The van der Waals surface area contributed by atoms with E-state index in [1.54, 1.807) is 0 Å². The molecular weight excluding hydrogens is 283 g/mol. The molecule has 0 radical (unpaired) electrons. The Balaban J connectivity index is 0.000000304. The first-order chi connectivity index (χ1) is 7.45. The number of halogens is 3. The van der Waals surface area contributed by atoms with Crippen LogP contribution in [-0.2, 0) is 10.1 Å². The van der Waals surface area contributed by atoms with Crippen molar-refractivity contribution in [2.45, 2.75) is 10.8 Å². The molecule has 0 saturated carbocycles. The minimum Gasteiger partial charge on any atom is -0.370 e. The third-order valence-corrected chi connectivity index (χ3v) is 2.54. The van der Waals surface area contributed by atoms with Gasteiger partial charge in [-0.2, -0.15) is 34.2 Å². The van der Waals surface area contributed by atoms with Gasteiger partial charge in [-0.25, -0.2) is 0 Å². The lowest BCUT2D eigenvalue weighted by Gasteiger charge is -2.25. The molecule has 1 heterocycles. The van der Waals surface area contributed by atoms with E-state index in [4.69, 9.17) is 18.7 Å². The third kappa shape index (κ3) is 5.98. The highest BCUT2D eigenvalue weighted by Crippen LogP contribution is 2.20. The Labute approximate surface area is 102 Å². The Morgan fingerprint density at radius 3 is 2.24 bits per heavy atom. The fourth-order valence-electron chi connectivity index (χ4n) is 0.787. The van der Waals surface area contributed by atoms with E-state index < -0.39 is 15.6 Å². The van der Waals surface area contributed by atoms with E-state index in [9.17, 15) is 13.2 Å². The topological polar surface area (TPSA) is 96.0 Å². The summed E-state index contributed by atoms with van der Waals surface area (Å²) in [5.41, 5.74) is -0.0523. The van der Waals surface area contributed by atoms with Crippen molar-refractivity contribution in [3.05, 3.63) is 0 Å². The smallest absolute Gasteiger partial charge is 0.370 e. The van der Waals surface area contributed by atoms with E-state index in [1.807, 2.05) is 11.9 Å². The maximum absolute atomic E-state index is 10.7. The predicted molar refractivity (Wildman–Crippen MR) is 59.5 cm³/mol. The van der Waals surface area contributed by atoms with Crippen molar-refractivity contribution in [1.29, 1.82) is 0 Å². The zero-order valence-corrected chi connectivity index (χ0v) is 10.4. The van der Waals surface area contributed by atoms with Crippen LogP contribution in [0, 0.1) is 0 Å². The Morgan fingerprint density at radius 1 is 1.59 bits per heavy atom. The summed E-state index contributed by atoms with van der Waals surface area (Å²) >= 11 is 4.26. The second kappa shape index (κ2) is 5.78. The van der Waals surface area contributed by atoms with Gasteiger partial charge in [-0.05, 0) is 0 Å². The summed E-state index contributed by atoms with van der Waals surface area (Å²) in [6.07, 6.45) is 0. The van der Waals surface area contributed by atoms with Crippen molar-refractivity contribution in [3.63, 3.8) is 0 Å². The van der Waals surface area contributed by atoms with Crippen LogP contribution in [0.5, 0.6) is 0 Å².